The average Bonchev–Trinajstić information content (AvgIpc) is 2.80. The Morgan fingerprint density at radius 1 is 1.25 bits per heavy atom. The van der Waals surface area contributed by atoms with Gasteiger partial charge in [-0.1, -0.05) is 23.8 Å². The van der Waals surface area contributed by atoms with Gasteiger partial charge in [0.25, 0.3) is 0 Å². The Morgan fingerprint density at radius 2 is 1.95 bits per heavy atom. The van der Waals surface area contributed by atoms with Crippen molar-refractivity contribution in [1.29, 1.82) is 0 Å². The fourth-order valence-electron chi connectivity index (χ4n) is 2.58. The Bertz CT molecular complexity index is 594. The van der Waals surface area contributed by atoms with Gasteiger partial charge in [-0.05, 0) is 51.8 Å². The summed E-state index contributed by atoms with van der Waals surface area (Å²) in [5.74, 6) is 0. The second kappa shape index (κ2) is 5.41. The Morgan fingerprint density at radius 3 is 2.55 bits per heavy atom. The van der Waals surface area contributed by atoms with Crippen molar-refractivity contribution in [3.8, 4) is 0 Å². The minimum Gasteiger partial charge on any atom is -0.321 e. The van der Waals surface area contributed by atoms with E-state index in [2.05, 4.69) is 64.0 Å². The van der Waals surface area contributed by atoms with Crippen molar-refractivity contribution in [2.75, 3.05) is 0 Å². The van der Waals surface area contributed by atoms with Crippen LogP contribution in [-0.4, -0.2) is 9.78 Å². The van der Waals surface area contributed by atoms with Crippen LogP contribution in [0.4, 0.5) is 0 Å². The molecule has 1 aromatic carbocycles. The van der Waals surface area contributed by atoms with Crippen LogP contribution in [0.1, 0.15) is 49.2 Å². The first kappa shape index (κ1) is 14.8. The molecule has 0 aliphatic heterocycles. The van der Waals surface area contributed by atoms with Gasteiger partial charge in [0.1, 0.15) is 0 Å². The zero-order valence-corrected chi connectivity index (χ0v) is 13.1. The highest BCUT2D eigenvalue weighted by Gasteiger charge is 2.25. The van der Waals surface area contributed by atoms with E-state index in [1.54, 1.807) is 0 Å². The summed E-state index contributed by atoms with van der Waals surface area (Å²) < 4.78 is 1.98. The summed E-state index contributed by atoms with van der Waals surface area (Å²) in [5, 5.41) is 4.61. The van der Waals surface area contributed by atoms with Gasteiger partial charge in [0, 0.05) is 24.2 Å². The van der Waals surface area contributed by atoms with Gasteiger partial charge in [0.15, 0.2) is 0 Å². The topological polar surface area (TPSA) is 43.8 Å². The number of aromatic nitrogens is 2. The Balaban J connectivity index is 2.27. The monoisotopic (exact) mass is 271 g/mol. The van der Waals surface area contributed by atoms with Crippen LogP contribution in [0.2, 0.25) is 0 Å². The fourth-order valence-corrected chi connectivity index (χ4v) is 2.58. The molecule has 2 aromatic rings. The average molecular weight is 271 g/mol. The van der Waals surface area contributed by atoms with Crippen molar-refractivity contribution in [2.45, 2.75) is 52.6 Å². The standard InChI is InChI=1S/C17H25N3/c1-12(2)20-9-8-15(19-20)11-17(5,18)16-10-13(3)6-7-14(16)4/h6-10,12H,11,18H2,1-5H3. The molecule has 3 heteroatoms. The number of nitrogens with two attached hydrogens (primary N) is 1. The number of hydrogen-bond donors (Lipinski definition) is 1. The van der Waals surface area contributed by atoms with Crippen LogP contribution < -0.4 is 5.73 Å². The molecule has 20 heavy (non-hydrogen) atoms. The fraction of sp³-hybridized carbons (Fsp3) is 0.471. The van der Waals surface area contributed by atoms with E-state index in [4.69, 9.17) is 5.73 Å². The molecule has 2 rings (SSSR count). The van der Waals surface area contributed by atoms with E-state index >= 15 is 0 Å². The van der Waals surface area contributed by atoms with E-state index in [1.165, 1.54) is 16.7 Å². The summed E-state index contributed by atoms with van der Waals surface area (Å²) in [7, 11) is 0. The zero-order chi connectivity index (χ0) is 14.9. The van der Waals surface area contributed by atoms with Crippen molar-refractivity contribution in [1.82, 2.24) is 9.78 Å². The van der Waals surface area contributed by atoms with Crippen molar-refractivity contribution in [3.05, 3.63) is 52.8 Å². The van der Waals surface area contributed by atoms with Crippen molar-refractivity contribution < 1.29 is 0 Å². The first-order chi connectivity index (χ1) is 9.29. The second-order valence-corrected chi connectivity index (χ2v) is 6.29. The minimum atomic E-state index is -0.397. The summed E-state index contributed by atoms with van der Waals surface area (Å²) in [5.41, 5.74) is 10.9. The summed E-state index contributed by atoms with van der Waals surface area (Å²) >= 11 is 0. The van der Waals surface area contributed by atoms with Gasteiger partial charge < -0.3 is 5.73 Å². The molecule has 0 fully saturated rings. The molecule has 0 radical (unpaired) electrons. The van der Waals surface area contributed by atoms with Gasteiger partial charge in [-0.2, -0.15) is 5.10 Å². The lowest BCUT2D eigenvalue weighted by molar-refractivity contribution is 0.467. The predicted molar refractivity (Wildman–Crippen MR) is 83.8 cm³/mol. The molecule has 3 nitrogen and oxygen atoms in total. The molecular formula is C17H25N3. The Labute approximate surface area is 121 Å². The lowest BCUT2D eigenvalue weighted by atomic mass is 9.85. The van der Waals surface area contributed by atoms with E-state index < -0.39 is 5.54 Å². The largest absolute Gasteiger partial charge is 0.321 e. The van der Waals surface area contributed by atoms with Gasteiger partial charge in [-0.15, -0.1) is 0 Å². The summed E-state index contributed by atoms with van der Waals surface area (Å²) in [6.07, 6.45) is 2.77. The number of hydrogen-bond acceptors (Lipinski definition) is 2. The van der Waals surface area contributed by atoms with Crippen molar-refractivity contribution >= 4 is 0 Å². The predicted octanol–water partition coefficient (Wildman–Crippen LogP) is 3.50. The van der Waals surface area contributed by atoms with Gasteiger partial charge in [0.05, 0.1) is 5.69 Å². The summed E-state index contributed by atoms with van der Waals surface area (Å²) in [6, 6.07) is 8.91. The molecule has 0 bridgehead atoms. The lowest BCUT2D eigenvalue weighted by Crippen LogP contribution is -2.36. The van der Waals surface area contributed by atoms with E-state index in [0.29, 0.717) is 6.04 Å². The molecule has 0 saturated carbocycles. The van der Waals surface area contributed by atoms with Crippen LogP contribution in [0.3, 0.4) is 0 Å². The number of nitrogens with zero attached hydrogens (tertiary/aromatic N) is 2. The molecular weight excluding hydrogens is 246 g/mol. The third-order valence-electron chi connectivity index (χ3n) is 3.75. The zero-order valence-electron chi connectivity index (χ0n) is 13.1. The van der Waals surface area contributed by atoms with E-state index in [9.17, 15) is 0 Å². The third-order valence-corrected chi connectivity index (χ3v) is 3.75. The SMILES string of the molecule is Cc1ccc(C)c(C(C)(N)Cc2ccn(C(C)C)n2)c1. The van der Waals surface area contributed by atoms with Crippen LogP contribution >= 0.6 is 0 Å². The molecule has 0 aliphatic rings. The molecule has 2 N–H and O–H groups in total. The van der Waals surface area contributed by atoms with Crippen molar-refractivity contribution in [2.24, 2.45) is 5.73 Å². The maximum atomic E-state index is 6.58. The molecule has 0 amide bonds. The smallest absolute Gasteiger partial charge is 0.0646 e. The highest BCUT2D eigenvalue weighted by molar-refractivity contribution is 5.36. The summed E-state index contributed by atoms with van der Waals surface area (Å²) in [4.78, 5) is 0. The quantitative estimate of drug-likeness (QED) is 0.925. The second-order valence-electron chi connectivity index (χ2n) is 6.29. The molecule has 0 spiro atoms. The first-order valence-electron chi connectivity index (χ1n) is 7.20. The van der Waals surface area contributed by atoms with Gasteiger partial charge in [0.2, 0.25) is 0 Å². The normalized spacial score (nSPS) is 14.6. The highest BCUT2D eigenvalue weighted by atomic mass is 15.3. The molecule has 1 unspecified atom stereocenters. The molecule has 1 heterocycles. The molecule has 1 aromatic heterocycles. The first-order valence-corrected chi connectivity index (χ1v) is 7.20. The van der Waals surface area contributed by atoms with Crippen LogP contribution in [0, 0.1) is 13.8 Å². The Kier molecular flexibility index (Phi) is 4.00. The van der Waals surface area contributed by atoms with Gasteiger partial charge >= 0.3 is 0 Å². The maximum Gasteiger partial charge on any atom is 0.0646 e. The van der Waals surface area contributed by atoms with Crippen molar-refractivity contribution in [3.63, 3.8) is 0 Å². The minimum absolute atomic E-state index is 0.383. The van der Waals surface area contributed by atoms with E-state index in [0.717, 1.165) is 12.1 Å². The van der Waals surface area contributed by atoms with E-state index in [1.807, 2.05) is 10.9 Å². The number of aryl methyl sites for hydroxylation is 2. The molecule has 108 valence electrons. The number of benzene rings is 1. The highest BCUT2D eigenvalue weighted by Crippen LogP contribution is 2.26. The molecule has 0 saturated heterocycles. The van der Waals surface area contributed by atoms with Crippen LogP contribution in [0.15, 0.2) is 30.5 Å². The van der Waals surface area contributed by atoms with Crippen LogP contribution in [0.5, 0.6) is 0 Å². The number of rotatable bonds is 4. The van der Waals surface area contributed by atoms with Crippen LogP contribution in [0.25, 0.3) is 0 Å². The van der Waals surface area contributed by atoms with Gasteiger partial charge in [-0.3, -0.25) is 4.68 Å². The maximum absolute atomic E-state index is 6.58. The lowest BCUT2D eigenvalue weighted by Gasteiger charge is -2.27. The van der Waals surface area contributed by atoms with Crippen LogP contribution in [-0.2, 0) is 12.0 Å². The van der Waals surface area contributed by atoms with E-state index in [-0.39, 0.29) is 0 Å². The van der Waals surface area contributed by atoms with Gasteiger partial charge in [-0.25, -0.2) is 0 Å². The Hall–Kier alpha value is -1.61. The molecule has 1 atom stereocenters. The third kappa shape index (κ3) is 3.10. The summed E-state index contributed by atoms with van der Waals surface area (Å²) in [6.45, 7) is 10.6. The molecule has 0 aliphatic carbocycles.